The minimum Gasteiger partial charge on any atom is -0.484 e. The van der Waals surface area contributed by atoms with E-state index in [0.717, 1.165) is 32.1 Å². The van der Waals surface area contributed by atoms with Crippen molar-refractivity contribution in [3.63, 3.8) is 0 Å². The van der Waals surface area contributed by atoms with E-state index in [2.05, 4.69) is 10.0 Å². The number of amides is 1. The van der Waals surface area contributed by atoms with Crippen LogP contribution in [0.25, 0.3) is 0 Å². The average molecular weight is 384 g/mol. The molecule has 0 spiro atoms. The Morgan fingerprint density at radius 1 is 1.19 bits per heavy atom. The van der Waals surface area contributed by atoms with Gasteiger partial charge in [0.25, 0.3) is 5.91 Å². The molecule has 2 rings (SSSR count). The number of carbonyl (C=O) groups is 1. The Morgan fingerprint density at radius 3 is 2.54 bits per heavy atom. The molecular weight excluding hydrogens is 356 g/mol. The van der Waals surface area contributed by atoms with E-state index in [-0.39, 0.29) is 23.5 Å². The van der Waals surface area contributed by atoms with Crippen LogP contribution in [0.1, 0.15) is 39.0 Å². The Hall–Kier alpha value is -1.64. The highest BCUT2D eigenvalue weighted by Gasteiger charge is 2.22. The van der Waals surface area contributed by atoms with Crippen molar-refractivity contribution in [1.29, 1.82) is 0 Å². The highest BCUT2D eigenvalue weighted by atomic mass is 32.2. The van der Waals surface area contributed by atoms with Crippen LogP contribution < -0.4 is 14.8 Å². The molecule has 2 N–H and O–H groups in total. The van der Waals surface area contributed by atoms with E-state index in [9.17, 15) is 13.2 Å². The summed E-state index contributed by atoms with van der Waals surface area (Å²) in [4.78, 5) is 11.9. The van der Waals surface area contributed by atoms with E-state index >= 15 is 0 Å². The zero-order chi connectivity index (χ0) is 18.8. The fourth-order valence-corrected chi connectivity index (χ4v) is 4.10. The van der Waals surface area contributed by atoms with E-state index < -0.39 is 10.0 Å². The van der Waals surface area contributed by atoms with Gasteiger partial charge < -0.3 is 14.8 Å². The Bertz CT molecular complexity index is 655. The highest BCUT2D eigenvalue weighted by Crippen LogP contribution is 2.21. The van der Waals surface area contributed by atoms with Gasteiger partial charge in [-0.1, -0.05) is 12.8 Å². The summed E-state index contributed by atoms with van der Waals surface area (Å²) in [5, 5.41) is 2.74. The van der Waals surface area contributed by atoms with Crippen molar-refractivity contribution in [2.45, 2.75) is 50.0 Å². The van der Waals surface area contributed by atoms with Crippen LogP contribution >= 0.6 is 0 Å². The summed E-state index contributed by atoms with van der Waals surface area (Å²) in [6, 6.07) is 6.14. The van der Waals surface area contributed by atoms with E-state index in [1.54, 1.807) is 12.1 Å². The molecule has 26 heavy (non-hydrogen) atoms. The summed E-state index contributed by atoms with van der Waals surface area (Å²) in [5.41, 5.74) is 0. The lowest BCUT2D eigenvalue weighted by Crippen LogP contribution is -2.32. The number of hydrogen-bond donors (Lipinski definition) is 2. The normalized spacial score (nSPS) is 15.1. The molecule has 0 aliphatic heterocycles. The molecule has 1 aliphatic rings. The largest absolute Gasteiger partial charge is 0.484 e. The van der Waals surface area contributed by atoms with Gasteiger partial charge in [-0.15, -0.1) is 0 Å². The number of ether oxygens (including phenoxy) is 2. The zero-order valence-corrected chi connectivity index (χ0v) is 16.0. The Balaban J connectivity index is 1.75. The van der Waals surface area contributed by atoms with Crippen LogP contribution in [0, 0.1) is 0 Å². The SMILES string of the molecule is CCOCCCNC(=O)COc1ccc(S(=O)(=O)NC2CCCC2)cc1. The van der Waals surface area contributed by atoms with Gasteiger partial charge >= 0.3 is 0 Å². The first-order chi connectivity index (χ1) is 12.5. The number of nitrogens with one attached hydrogen (secondary N) is 2. The maximum atomic E-state index is 12.3. The van der Waals surface area contributed by atoms with Crippen molar-refractivity contribution >= 4 is 15.9 Å². The summed E-state index contributed by atoms with van der Waals surface area (Å²) in [6.45, 7) is 3.63. The summed E-state index contributed by atoms with van der Waals surface area (Å²) >= 11 is 0. The molecular formula is C18H28N2O5S. The zero-order valence-electron chi connectivity index (χ0n) is 15.2. The molecule has 0 aromatic heterocycles. The standard InChI is InChI=1S/C18H28N2O5S/c1-2-24-13-5-12-19-18(21)14-25-16-8-10-17(11-9-16)26(22,23)20-15-6-3-4-7-15/h8-11,15,20H,2-7,12-14H2,1H3,(H,19,21). The quantitative estimate of drug-likeness (QED) is 0.568. The van der Waals surface area contributed by atoms with Crippen LogP contribution in [0.2, 0.25) is 0 Å². The van der Waals surface area contributed by atoms with Gasteiger partial charge in [0.05, 0.1) is 4.90 Å². The van der Waals surface area contributed by atoms with E-state index in [0.29, 0.717) is 25.5 Å². The molecule has 1 aliphatic carbocycles. The van der Waals surface area contributed by atoms with Crippen LogP contribution in [-0.4, -0.2) is 46.7 Å². The fraction of sp³-hybridized carbons (Fsp3) is 0.611. The van der Waals surface area contributed by atoms with Crippen LogP contribution in [0.5, 0.6) is 5.75 Å². The van der Waals surface area contributed by atoms with E-state index in [1.165, 1.54) is 12.1 Å². The van der Waals surface area contributed by atoms with Crippen LogP contribution in [0.4, 0.5) is 0 Å². The second-order valence-electron chi connectivity index (χ2n) is 6.26. The maximum Gasteiger partial charge on any atom is 0.257 e. The second kappa shape index (κ2) is 10.5. The first-order valence-corrected chi connectivity index (χ1v) is 10.6. The van der Waals surface area contributed by atoms with Crippen molar-refractivity contribution < 1.29 is 22.7 Å². The lowest BCUT2D eigenvalue weighted by atomic mass is 10.3. The van der Waals surface area contributed by atoms with Gasteiger partial charge in [-0.2, -0.15) is 0 Å². The number of benzene rings is 1. The molecule has 8 heteroatoms. The van der Waals surface area contributed by atoms with Gasteiger partial charge in [-0.05, 0) is 50.5 Å². The van der Waals surface area contributed by atoms with Gasteiger partial charge in [0, 0.05) is 25.8 Å². The second-order valence-corrected chi connectivity index (χ2v) is 7.98. The summed E-state index contributed by atoms with van der Waals surface area (Å²) in [6.07, 6.45) is 4.65. The molecule has 0 atom stereocenters. The molecule has 0 saturated heterocycles. The van der Waals surface area contributed by atoms with Gasteiger partial charge in [0.1, 0.15) is 5.75 Å². The Kier molecular flexibility index (Phi) is 8.34. The molecule has 1 aromatic rings. The van der Waals surface area contributed by atoms with Gasteiger partial charge in [-0.3, -0.25) is 4.79 Å². The van der Waals surface area contributed by atoms with Gasteiger partial charge in [0.15, 0.2) is 6.61 Å². The number of sulfonamides is 1. The third-order valence-electron chi connectivity index (χ3n) is 4.17. The maximum absolute atomic E-state index is 12.3. The van der Waals surface area contributed by atoms with Crippen molar-refractivity contribution in [2.24, 2.45) is 0 Å². The number of carbonyl (C=O) groups excluding carboxylic acids is 1. The third kappa shape index (κ3) is 6.93. The predicted octanol–water partition coefficient (Wildman–Crippen LogP) is 1.83. The molecule has 0 radical (unpaired) electrons. The van der Waals surface area contributed by atoms with Crippen molar-refractivity contribution in [2.75, 3.05) is 26.4 Å². The molecule has 7 nitrogen and oxygen atoms in total. The van der Waals surface area contributed by atoms with Crippen molar-refractivity contribution in [1.82, 2.24) is 10.0 Å². The van der Waals surface area contributed by atoms with Crippen LogP contribution in [-0.2, 0) is 19.6 Å². The molecule has 0 bridgehead atoms. The molecule has 1 aromatic carbocycles. The Morgan fingerprint density at radius 2 is 1.88 bits per heavy atom. The van der Waals surface area contributed by atoms with Crippen molar-refractivity contribution in [3.05, 3.63) is 24.3 Å². The summed E-state index contributed by atoms with van der Waals surface area (Å²) in [5.74, 6) is 0.232. The van der Waals surface area contributed by atoms with E-state index in [1.807, 2.05) is 6.92 Å². The summed E-state index contributed by atoms with van der Waals surface area (Å²) in [7, 11) is -3.51. The van der Waals surface area contributed by atoms with Gasteiger partial charge in [-0.25, -0.2) is 13.1 Å². The van der Waals surface area contributed by atoms with Gasteiger partial charge in [0.2, 0.25) is 10.0 Å². The molecule has 0 heterocycles. The number of hydrogen-bond acceptors (Lipinski definition) is 5. The lowest BCUT2D eigenvalue weighted by molar-refractivity contribution is -0.123. The smallest absolute Gasteiger partial charge is 0.257 e. The van der Waals surface area contributed by atoms with Crippen molar-refractivity contribution in [3.8, 4) is 5.75 Å². The lowest BCUT2D eigenvalue weighted by Gasteiger charge is -2.13. The molecule has 0 unspecified atom stereocenters. The van der Waals surface area contributed by atoms with Crippen LogP contribution in [0.3, 0.4) is 0 Å². The summed E-state index contributed by atoms with van der Waals surface area (Å²) < 4.78 is 38.0. The fourth-order valence-electron chi connectivity index (χ4n) is 2.79. The van der Waals surface area contributed by atoms with E-state index in [4.69, 9.17) is 9.47 Å². The molecule has 1 saturated carbocycles. The first-order valence-electron chi connectivity index (χ1n) is 9.11. The average Bonchev–Trinajstić information content (AvgIpc) is 3.12. The molecule has 1 amide bonds. The van der Waals surface area contributed by atoms with Crippen LogP contribution in [0.15, 0.2) is 29.2 Å². The minimum absolute atomic E-state index is 0.0300. The topological polar surface area (TPSA) is 93.7 Å². The minimum atomic E-state index is -3.51. The molecule has 1 fully saturated rings. The first kappa shape index (κ1) is 20.7. The predicted molar refractivity (Wildman–Crippen MR) is 98.6 cm³/mol. The molecule has 146 valence electrons. The third-order valence-corrected chi connectivity index (χ3v) is 5.71. The number of rotatable bonds is 11. The monoisotopic (exact) mass is 384 g/mol. The highest BCUT2D eigenvalue weighted by molar-refractivity contribution is 7.89. The Labute approximate surface area is 155 Å².